The number of hydrogen-bond acceptors (Lipinski definition) is 6. The lowest BCUT2D eigenvalue weighted by molar-refractivity contribution is 0.414. The Morgan fingerprint density at radius 1 is 1.11 bits per heavy atom. The van der Waals surface area contributed by atoms with Gasteiger partial charge in [-0.2, -0.15) is 10.1 Å². The van der Waals surface area contributed by atoms with E-state index in [1.54, 1.807) is 37.4 Å². The number of ether oxygens (including phenoxy) is 1. The molecule has 0 bridgehead atoms. The van der Waals surface area contributed by atoms with Gasteiger partial charge in [0.2, 0.25) is 11.3 Å². The van der Waals surface area contributed by atoms with Gasteiger partial charge in [-0.05, 0) is 36.4 Å². The lowest BCUT2D eigenvalue weighted by atomic mass is 10.2. The summed E-state index contributed by atoms with van der Waals surface area (Å²) >= 11 is 0. The second kappa shape index (κ2) is 6.83. The summed E-state index contributed by atoms with van der Waals surface area (Å²) in [6, 6.07) is 14.3. The van der Waals surface area contributed by atoms with E-state index in [4.69, 9.17) is 9.26 Å². The maximum absolute atomic E-state index is 13.4. The average molecular weight is 364 g/mol. The lowest BCUT2D eigenvalue weighted by Gasteiger charge is -2.06. The molecule has 2 aromatic carbocycles. The first kappa shape index (κ1) is 16.6. The van der Waals surface area contributed by atoms with Gasteiger partial charge in [0.15, 0.2) is 5.69 Å². The summed E-state index contributed by atoms with van der Waals surface area (Å²) in [4.78, 5) is 16.4. The van der Waals surface area contributed by atoms with E-state index in [2.05, 4.69) is 15.2 Å². The van der Waals surface area contributed by atoms with Crippen molar-refractivity contribution in [2.45, 2.75) is 0 Å². The van der Waals surface area contributed by atoms with E-state index in [0.717, 1.165) is 5.69 Å². The Labute approximate surface area is 152 Å². The quantitative estimate of drug-likeness (QED) is 0.553. The van der Waals surface area contributed by atoms with Crippen LogP contribution >= 0.6 is 0 Å². The summed E-state index contributed by atoms with van der Waals surface area (Å²) < 4.78 is 25.2. The molecular weight excluding hydrogens is 351 g/mol. The highest BCUT2D eigenvalue weighted by Crippen LogP contribution is 2.20. The van der Waals surface area contributed by atoms with Crippen molar-refractivity contribution in [1.82, 2.24) is 19.9 Å². The second-order valence-electron chi connectivity index (χ2n) is 5.60. The smallest absolute Gasteiger partial charge is 0.282 e. The zero-order chi connectivity index (χ0) is 18.8. The topological polar surface area (TPSA) is 83.0 Å². The van der Waals surface area contributed by atoms with Gasteiger partial charge in [0.25, 0.3) is 5.89 Å². The second-order valence-corrected chi connectivity index (χ2v) is 5.60. The monoisotopic (exact) mass is 364 g/mol. The third kappa shape index (κ3) is 3.32. The van der Waals surface area contributed by atoms with Gasteiger partial charge in [-0.3, -0.25) is 4.79 Å². The molecule has 0 saturated carbocycles. The molecule has 4 aromatic rings. The minimum atomic E-state index is -0.418. The lowest BCUT2D eigenvalue weighted by Crippen LogP contribution is -2.12. The summed E-state index contributed by atoms with van der Waals surface area (Å²) in [5.74, 6) is 0.419. The molecule has 0 aliphatic heterocycles. The normalized spacial score (nSPS) is 10.7. The molecule has 27 heavy (non-hydrogen) atoms. The molecule has 0 atom stereocenters. The molecule has 0 radical (unpaired) electrons. The zero-order valence-electron chi connectivity index (χ0n) is 14.2. The van der Waals surface area contributed by atoms with Crippen molar-refractivity contribution in [3.8, 4) is 34.4 Å². The predicted molar refractivity (Wildman–Crippen MR) is 95.1 cm³/mol. The molecule has 0 saturated heterocycles. The first-order valence-corrected chi connectivity index (χ1v) is 7.98. The van der Waals surface area contributed by atoms with Crippen LogP contribution in [0.1, 0.15) is 0 Å². The Bertz CT molecular complexity index is 1150. The number of hydrogen-bond donors (Lipinski definition) is 0. The molecule has 134 valence electrons. The molecule has 0 spiro atoms. The van der Waals surface area contributed by atoms with E-state index in [9.17, 15) is 9.18 Å². The summed E-state index contributed by atoms with van der Waals surface area (Å²) in [6.07, 6.45) is 1.54. The van der Waals surface area contributed by atoms with Crippen molar-refractivity contribution in [3.05, 3.63) is 76.8 Å². The number of aromatic nitrogens is 4. The largest absolute Gasteiger partial charge is 0.497 e. The molecule has 0 aliphatic carbocycles. The molecule has 0 amide bonds. The van der Waals surface area contributed by atoms with Crippen LogP contribution in [0.3, 0.4) is 0 Å². The predicted octanol–water partition coefficient (Wildman–Crippen LogP) is 3.10. The van der Waals surface area contributed by atoms with Gasteiger partial charge >= 0.3 is 0 Å². The van der Waals surface area contributed by atoms with Crippen LogP contribution in [-0.4, -0.2) is 27.0 Å². The maximum atomic E-state index is 13.4. The van der Waals surface area contributed by atoms with Crippen molar-refractivity contribution in [3.63, 3.8) is 0 Å². The minimum Gasteiger partial charge on any atom is -0.497 e. The Balaban J connectivity index is 1.72. The Hall–Kier alpha value is -3.81. The third-order valence-electron chi connectivity index (χ3n) is 3.86. The van der Waals surface area contributed by atoms with Gasteiger partial charge in [-0.25, -0.2) is 9.07 Å². The van der Waals surface area contributed by atoms with E-state index < -0.39 is 5.82 Å². The maximum Gasteiger partial charge on any atom is 0.282 e. The van der Waals surface area contributed by atoms with E-state index in [1.165, 1.54) is 35.1 Å². The van der Waals surface area contributed by atoms with Gasteiger partial charge in [-0.15, -0.1) is 0 Å². The van der Waals surface area contributed by atoms with Crippen LogP contribution in [0.25, 0.3) is 28.7 Å². The Morgan fingerprint density at radius 2 is 1.93 bits per heavy atom. The molecule has 0 fully saturated rings. The van der Waals surface area contributed by atoms with E-state index in [0.29, 0.717) is 11.3 Å². The number of halogens is 1. The average Bonchev–Trinajstić information content (AvgIpc) is 3.18. The van der Waals surface area contributed by atoms with Crippen molar-refractivity contribution in [2.75, 3.05) is 7.11 Å². The van der Waals surface area contributed by atoms with Crippen molar-refractivity contribution in [1.29, 1.82) is 0 Å². The van der Waals surface area contributed by atoms with Crippen LogP contribution < -0.4 is 10.2 Å². The summed E-state index contributed by atoms with van der Waals surface area (Å²) in [7, 11) is 1.58. The summed E-state index contributed by atoms with van der Waals surface area (Å²) in [5.41, 5.74) is 0.802. The van der Waals surface area contributed by atoms with E-state index >= 15 is 0 Å². The fraction of sp³-hybridized carbons (Fsp3) is 0.0526. The molecule has 0 aliphatic rings. The van der Waals surface area contributed by atoms with Crippen LogP contribution in [0.4, 0.5) is 4.39 Å². The SMILES string of the molecule is COc1ccc(-n2ccc(=O)c(-c3nc(-c4cccc(F)c4)no3)n2)cc1. The highest BCUT2D eigenvalue weighted by atomic mass is 19.1. The van der Waals surface area contributed by atoms with Crippen molar-refractivity contribution in [2.24, 2.45) is 0 Å². The fourth-order valence-corrected chi connectivity index (χ4v) is 2.50. The molecule has 8 heteroatoms. The minimum absolute atomic E-state index is 0.00321. The molecule has 7 nitrogen and oxygen atoms in total. The van der Waals surface area contributed by atoms with Crippen LogP contribution in [0.5, 0.6) is 5.75 Å². The Morgan fingerprint density at radius 3 is 2.67 bits per heavy atom. The van der Waals surface area contributed by atoms with E-state index in [1.807, 2.05) is 0 Å². The Kier molecular flexibility index (Phi) is 4.21. The van der Waals surface area contributed by atoms with Crippen LogP contribution in [0.15, 0.2) is 70.1 Å². The third-order valence-corrected chi connectivity index (χ3v) is 3.86. The molecule has 0 N–H and O–H groups in total. The van der Waals surface area contributed by atoms with Crippen molar-refractivity contribution >= 4 is 0 Å². The van der Waals surface area contributed by atoms with Gasteiger partial charge in [0.05, 0.1) is 12.8 Å². The number of methoxy groups -OCH3 is 1. The highest BCUT2D eigenvalue weighted by molar-refractivity contribution is 5.57. The standard InChI is InChI=1S/C19H13FN4O3/c1-26-15-7-5-14(6-8-15)24-10-9-16(25)17(22-24)19-21-18(23-27-19)12-3-2-4-13(20)11-12/h2-11H,1H3. The summed E-state index contributed by atoms with van der Waals surface area (Å²) in [6.45, 7) is 0. The number of nitrogens with zero attached hydrogens (tertiary/aromatic N) is 4. The van der Waals surface area contributed by atoms with Gasteiger partial charge in [-0.1, -0.05) is 17.3 Å². The molecular formula is C19H13FN4O3. The molecule has 2 heterocycles. The molecule has 4 rings (SSSR count). The fourth-order valence-electron chi connectivity index (χ4n) is 2.50. The van der Waals surface area contributed by atoms with Gasteiger partial charge in [0, 0.05) is 17.8 Å². The molecule has 2 aromatic heterocycles. The molecule has 0 unspecified atom stereocenters. The van der Waals surface area contributed by atoms with Gasteiger partial charge < -0.3 is 9.26 Å². The number of rotatable bonds is 4. The first-order chi connectivity index (χ1) is 13.1. The van der Waals surface area contributed by atoms with Crippen LogP contribution in [0, 0.1) is 5.82 Å². The number of benzene rings is 2. The van der Waals surface area contributed by atoms with Crippen molar-refractivity contribution < 1.29 is 13.7 Å². The zero-order valence-corrected chi connectivity index (χ0v) is 14.2. The highest BCUT2D eigenvalue weighted by Gasteiger charge is 2.16. The van der Waals surface area contributed by atoms with Crippen LogP contribution in [-0.2, 0) is 0 Å². The van der Waals surface area contributed by atoms with E-state index in [-0.39, 0.29) is 22.8 Å². The van der Waals surface area contributed by atoms with Gasteiger partial charge in [0.1, 0.15) is 11.6 Å². The first-order valence-electron chi connectivity index (χ1n) is 7.98. The van der Waals surface area contributed by atoms with Crippen LogP contribution in [0.2, 0.25) is 0 Å². The summed E-state index contributed by atoms with van der Waals surface area (Å²) in [5, 5.41) is 8.10.